The maximum atomic E-state index is 15.6. The number of rotatable bonds is 8. The number of halogens is 2. The Kier molecular flexibility index (Phi) is 8.42. The third-order valence-electron chi connectivity index (χ3n) is 10.7. The third kappa shape index (κ3) is 5.71. The number of hydrogen-bond donors (Lipinski definition) is 0. The molecule has 0 radical (unpaired) electrons. The van der Waals surface area contributed by atoms with Gasteiger partial charge in [-0.2, -0.15) is 0 Å². The Labute approximate surface area is 333 Å². The van der Waals surface area contributed by atoms with Crippen molar-refractivity contribution in [1.29, 1.82) is 0 Å². The van der Waals surface area contributed by atoms with E-state index in [1.807, 2.05) is 115 Å². The van der Waals surface area contributed by atoms with Gasteiger partial charge in [-0.15, -0.1) is 0 Å². The first-order valence-electron chi connectivity index (χ1n) is 18.9. The second-order valence-corrected chi connectivity index (χ2v) is 14.0. The van der Waals surface area contributed by atoms with E-state index in [9.17, 15) is 4.39 Å². The molecule has 58 heavy (non-hydrogen) atoms. The first-order chi connectivity index (χ1) is 28.5. The second-order valence-electron chi connectivity index (χ2n) is 14.0. The summed E-state index contributed by atoms with van der Waals surface area (Å²) in [6.07, 6.45) is 3.74. The van der Waals surface area contributed by atoms with Gasteiger partial charge >= 0.3 is 0 Å². The standard InChI is InChI=1S/C51H33F2N5/c1-3-37-39-19-11-13-21-45(39)57(44(37)4-2)36-25-28-41-40-20-12-14-22-46(40)58(48(41)31-36)47-29-34(38-27-24-35(52)30-43(38)53)23-26-42(47)51-55-49(32-15-7-5-8-16-32)54-50(56-51)33-17-9-6-10-18-33/h3-31H,1-2H2. The van der Waals surface area contributed by atoms with Crippen LogP contribution >= 0.6 is 0 Å². The molecule has 3 heterocycles. The molecule has 0 fully saturated rings. The van der Waals surface area contributed by atoms with Gasteiger partial charge in [-0.1, -0.05) is 128 Å². The van der Waals surface area contributed by atoms with Gasteiger partial charge in [0.2, 0.25) is 0 Å². The Morgan fingerprint density at radius 1 is 0.448 bits per heavy atom. The van der Waals surface area contributed by atoms with E-state index >= 15 is 4.39 Å². The first kappa shape index (κ1) is 34.7. The number of benzene rings is 7. The molecule has 276 valence electrons. The van der Waals surface area contributed by atoms with Crippen LogP contribution in [0.2, 0.25) is 0 Å². The SMILES string of the molecule is C=Cc1c(C=C)n(-c2ccc3c4ccccc4n(-c4cc(-c5ccc(F)cc5F)ccc4-c4nc(-c5ccccc5)nc(-c5ccccc5)n4)c3c2)c2ccccc12. The molecule has 10 rings (SSSR count). The lowest BCUT2D eigenvalue weighted by Crippen LogP contribution is -2.04. The van der Waals surface area contributed by atoms with Crippen molar-refractivity contribution in [2.75, 3.05) is 0 Å². The van der Waals surface area contributed by atoms with Crippen molar-refractivity contribution in [3.05, 3.63) is 200 Å². The van der Waals surface area contributed by atoms with Crippen LogP contribution in [-0.4, -0.2) is 24.1 Å². The molecule has 10 aromatic rings. The number of fused-ring (bicyclic) bond motifs is 4. The zero-order valence-electron chi connectivity index (χ0n) is 31.1. The molecular weight excluding hydrogens is 721 g/mol. The van der Waals surface area contributed by atoms with Gasteiger partial charge in [-0.05, 0) is 60.2 Å². The predicted molar refractivity (Wildman–Crippen MR) is 233 cm³/mol. The zero-order valence-corrected chi connectivity index (χ0v) is 31.1. The Morgan fingerprint density at radius 2 is 1.03 bits per heavy atom. The maximum absolute atomic E-state index is 15.6. The minimum atomic E-state index is -0.657. The lowest BCUT2D eigenvalue weighted by molar-refractivity contribution is 0.585. The van der Waals surface area contributed by atoms with Gasteiger partial charge in [0, 0.05) is 55.7 Å². The molecule has 7 aromatic carbocycles. The molecular formula is C51H33F2N5. The number of aromatic nitrogens is 5. The smallest absolute Gasteiger partial charge is 0.166 e. The van der Waals surface area contributed by atoms with Crippen LogP contribution in [-0.2, 0) is 0 Å². The van der Waals surface area contributed by atoms with E-state index in [-0.39, 0.29) is 5.56 Å². The van der Waals surface area contributed by atoms with Crippen molar-refractivity contribution >= 4 is 44.9 Å². The van der Waals surface area contributed by atoms with E-state index < -0.39 is 11.6 Å². The molecule has 0 aliphatic carbocycles. The van der Waals surface area contributed by atoms with Crippen molar-refractivity contribution in [2.24, 2.45) is 0 Å². The van der Waals surface area contributed by atoms with Gasteiger partial charge in [-0.3, -0.25) is 0 Å². The van der Waals surface area contributed by atoms with Crippen LogP contribution in [0.1, 0.15) is 11.3 Å². The number of hydrogen-bond acceptors (Lipinski definition) is 3. The highest BCUT2D eigenvalue weighted by molar-refractivity contribution is 6.10. The van der Waals surface area contributed by atoms with E-state index in [2.05, 4.69) is 64.8 Å². The topological polar surface area (TPSA) is 48.5 Å². The maximum Gasteiger partial charge on any atom is 0.166 e. The summed E-state index contributed by atoms with van der Waals surface area (Å²) in [5, 5.41) is 3.13. The molecule has 0 N–H and O–H groups in total. The Hall–Kier alpha value is -7.77. The fourth-order valence-electron chi connectivity index (χ4n) is 8.06. The van der Waals surface area contributed by atoms with Gasteiger partial charge in [0.15, 0.2) is 17.5 Å². The van der Waals surface area contributed by atoms with E-state index in [0.717, 1.165) is 66.8 Å². The lowest BCUT2D eigenvalue weighted by atomic mass is 10.0. The molecule has 5 nitrogen and oxygen atoms in total. The quantitative estimate of drug-likeness (QED) is 0.155. The highest BCUT2D eigenvalue weighted by Gasteiger charge is 2.22. The van der Waals surface area contributed by atoms with Crippen LogP contribution in [0.3, 0.4) is 0 Å². The molecule has 0 atom stereocenters. The summed E-state index contributed by atoms with van der Waals surface area (Å²) in [5.41, 5.74) is 9.65. The molecule has 0 unspecified atom stereocenters. The summed E-state index contributed by atoms with van der Waals surface area (Å²) in [7, 11) is 0. The Bertz CT molecular complexity index is 3180. The summed E-state index contributed by atoms with van der Waals surface area (Å²) in [6, 6.07) is 51.9. The molecule has 0 spiro atoms. The fraction of sp³-hybridized carbons (Fsp3) is 0. The Balaban J connectivity index is 1.30. The molecule has 3 aromatic heterocycles. The summed E-state index contributed by atoms with van der Waals surface area (Å²) >= 11 is 0. The molecule has 0 aliphatic rings. The minimum absolute atomic E-state index is 0.271. The summed E-state index contributed by atoms with van der Waals surface area (Å²) in [6.45, 7) is 8.32. The third-order valence-corrected chi connectivity index (χ3v) is 10.7. The lowest BCUT2D eigenvalue weighted by Gasteiger charge is -2.17. The molecule has 0 bridgehead atoms. The first-order valence-corrected chi connectivity index (χ1v) is 18.9. The molecule has 0 saturated carbocycles. The van der Waals surface area contributed by atoms with Crippen molar-refractivity contribution in [3.8, 4) is 56.7 Å². The highest BCUT2D eigenvalue weighted by Crippen LogP contribution is 2.40. The highest BCUT2D eigenvalue weighted by atomic mass is 19.1. The van der Waals surface area contributed by atoms with Crippen LogP contribution in [0.25, 0.3) is 102 Å². The summed E-state index contributed by atoms with van der Waals surface area (Å²) in [4.78, 5) is 15.2. The zero-order chi connectivity index (χ0) is 39.3. The van der Waals surface area contributed by atoms with Crippen molar-refractivity contribution in [2.45, 2.75) is 0 Å². The fourth-order valence-corrected chi connectivity index (χ4v) is 8.06. The van der Waals surface area contributed by atoms with Crippen LogP contribution in [0.5, 0.6) is 0 Å². The van der Waals surface area contributed by atoms with Crippen LogP contribution in [0, 0.1) is 11.6 Å². The molecule has 0 aliphatic heterocycles. The van der Waals surface area contributed by atoms with Gasteiger partial charge in [0.1, 0.15) is 11.6 Å². The van der Waals surface area contributed by atoms with Gasteiger partial charge in [-0.25, -0.2) is 23.7 Å². The average molecular weight is 754 g/mol. The van der Waals surface area contributed by atoms with E-state index in [1.165, 1.54) is 12.1 Å². The monoisotopic (exact) mass is 753 g/mol. The normalized spacial score (nSPS) is 11.4. The van der Waals surface area contributed by atoms with Gasteiger partial charge in [0.25, 0.3) is 0 Å². The number of nitrogens with zero attached hydrogens (tertiary/aromatic N) is 5. The molecule has 0 saturated heterocycles. The average Bonchev–Trinajstić information content (AvgIpc) is 3.78. The van der Waals surface area contributed by atoms with Gasteiger partial charge in [0.05, 0.1) is 27.9 Å². The summed E-state index contributed by atoms with van der Waals surface area (Å²) in [5.74, 6) is 0.176. The largest absolute Gasteiger partial charge is 0.309 e. The van der Waals surface area contributed by atoms with Crippen molar-refractivity contribution < 1.29 is 8.78 Å². The van der Waals surface area contributed by atoms with E-state index in [0.29, 0.717) is 34.3 Å². The van der Waals surface area contributed by atoms with Crippen molar-refractivity contribution in [1.82, 2.24) is 24.1 Å². The van der Waals surface area contributed by atoms with Crippen LogP contribution in [0.15, 0.2) is 177 Å². The Morgan fingerprint density at radius 3 is 1.69 bits per heavy atom. The van der Waals surface area contributed by atoms with E-state index in [4.69, 9.17) is 15.0 Å². The molecule has 0 amide bonds. The van der Waals surface area contributed by atoms with Crippen molar-refractivity contribution in [3.63, 3.8) is 0 Å². The van der Waals surface area contributed by atoms with Crippen LogP contribution in [0.4, 0.5) is 8.78 Å². The minimum Gasteiger partial charge on any atom is -0.309 e. The molecule has 7 heteroatoms. The number of para-hydroxylation sites is 2. The van der Waals surface area contributed by atoms with Crippen LogP contribution < -0.4 is 0 Å². The predicted octanol–water partition coefficient (Wildman–Crippen LogP) is 13.1. The van der Waals surface area contributed by atoms with E-state index in [1.54, 1.807) is 0 Å². The summed E-state index contributed by atoms with van der Waals surface area (Å²) < 4.78 is 34.2. The van der Waals surface area contributed by atoms with Gasteiger partial charge < -0.3 is 9.13 Å². The second kappa shape index (κ2) is 14.1.